The van der Waals surface area contributed by atoms with Crippen LogP contribution in [0.5, 0.6) is 0 Å². The van der Waals surface area contributed by atoms with Gasteiger partial charge in [-0.3, -0.25) is 0 Å². The summed E-state index contributed by atoms with van der Waals surface area (Å²) in [5.41, 5.74) is -0.376. The fourth-order valence-electron chi connectivity index (χ4n) is 1.04. The number of rotatable bonds is 2. The SMILES string of the molecule is O=C(O)c1cc(F)c(F)cc1C#CCCS. The Hall–Kier alpha value is -1.54. The maximum atomic E-state index is 12.9. The summed E-state index contributed by atoms with van der Waals surface area (Å²) >= 11 is 3.92. The molecule has 16 heavy (non-hydrogen) atoms. The molecular weight excluding hydrogens is 234 g/mol. The summed E-state index contributed by atoms with van der Waals surface area (Å²) < 4.78 is 25.7. The van der Waals surface area contributed by atoms with Crippen molar-refractivity contribution in [2.24, 2.45) is 0 Å². The number of halogens is 2. The van der Waals surface area contributed by atoms with E-state index in [-0.39, 0.29) is 11.1 Å². The van der Waals surface area contributed by atoms with E-state index in [4.69, 9.17) is 5.11 Å². The van der Waals surface area contributed by atoms with Crippen LogP contribution in [0, 0.1) is 23.5 Å². The zero-order valence-corrected chi connectivity index (χ0v) is 9.02. The van der Waals surface area contributed by atoms with Crippen molar-refractivity contribution in [1.29, 1.82) is 0 Å². The summed E-state index contributed by atoms with van der Waals surface area (Å²) in [6, 6.07) is 1.41. The number of benzene rings is 1. The highest BCUT2D eigenvalue weighted by atomic mass is 32.1. The minimum absolute atomic E-state index is 0.0341. The van der Waals surface area contributed by atoms with Gasteiger partial charge in [0, 0.05) is 17.7 Å². The minimum atomic E-state index is -1.34. The van der Waals surface area contributed by atoms with Gasteiger partial charge in [0.25, 0.3) is 0 Å². The summed E-state index contributed by atoms with van der Waals surface area (Å²) in [7, 11) is 0. The summed E-state index contributed by atoms with van der Waals surface area (Å²) in [6.45, 7) is 0. The van der Waals surface area contributed by atoms with Crippen molar-refractivity contribution in [3.8, 4) is 11.8 Å². The normalized spacial score (nSPS) is 9.44. The van der Waals surface area contributed by atoms with Crippen molar-refractivity contribution in [3.63, 3.8) is 0 Å². The molecule has 0 fully saturated rings. The maximum absolute atomic E-state index is 12.9. The number of carbonyl (C=O) groups is 1. The molecule has 0 spiro atoms. The lowest BCUT2D eigenvalue weighted by atomic mass is 10.1. The van der Waals surface area contributed by atoms with E-state index in [0.29, 0.717) is 18.2 Å². The molecule has 0 aromatic heterocycles. The van der Waals surface area contributed by atoms with Gasteiger partial charge in [0.05, 0.1) is 5.56 Å². The Morgan fingerprint density at radius 2 is 2.00 bits per heavy atom. The molecule has 0 aliphatic heterocycles. The van der Waals surface area contributed by atoms with E-state index in [1.54, 1.807) is 0 Å². The second-order valence-electron chi connectivity index (χ2n) is 2.89. The Labute approximate surface area is 96.7 Å². The second-order valence-corrected chi connectivity index (χ2v) is 3.34. The number of carboxylic acids is 1. The second kappa shape index (κ2) is 5.52. The third kappa shape index (κ3) is 2.97. The van der Waals surface area contributed by atoms with E-state index >= 15 is 0 Å². The van der Waals surface area contributed by atoms with Crippen LogP contribution in [0.25, 0.3) is 0 Å². The van der Waals surface area contributed by atoms with Crippen LogP contribution < -0.4 is 0 Å². The van der Waals surface area contributed by atoms with E-state index < -0.39 is 17.6 Å². The first-order valence-corrected chi connectivity index (χ1v) is 5.01. The molecule has 1 rings (SSSR count). The van der Waals surface area contributed by atoms with Crippen molar-refractivity contribution in [1.82, 2.24) is 0 Å². The monoisotopic (exact) mass is 242 g/mol. The molecule has 1 N–H and O–H groups in total. The van der Waals surface area contributed by atoms with Crippen LogP contribution in [-0.2, 0) is 0 Å². The van der Waals surface area contributed by atoms with Gasteiger partial charge in [0.1, 0.15) is 0 Å². The number of carboxylic acid groups (broad SMARTS) is 1. The summed E-state index contributed by atoms with van der Waals surface area (Å²) in [4.78, 5) is 10.7. The smallest absolute Gasteiger partial charge is 0.337 e. The maximum Gasteiger partial charge on any atom is 0.337 e. The fourth-order valence-corrected chi connectivity index (χ4v) is 1.15. The average Bonchev–Trinajstić information content (AvgIpc) is 2.23. The quantitative estimate of drug-likeness (QED) is 0.617. The number of hydrogen-bond donors (Lipinski definition) is 2. The Morgan fingerprint density at radius 1 is 1.38 bits per heavy atom. The van der Waals surface area contributed by atoms with Gasteiger partial charge >= 0.3 is 5.97 Å². The molecule has 0 saturated carbocycles. The van der Waals surface area contributed by atoms with Gasteiger partial charge in [0.2, 0.25) is 0 Å². The first kappa shape index (κ1) is 12.5. The lowest BCUT2D eigenvalue weighted by Gasteiger charge is -2.00. The van der Waals surface area contributed by atoms with Gasteiger partial charge in [-0.25, -0.2) is 13.6 Å². The molecule has 84 valence electrons. The highest BCUT2D eigenvalue weighted by molar-refractivity contribution is 7.80. The van der Waals surface area contributed by atoms with Gasteiger partial charge in [-0.15, -0.1) is 0 Å². The minimum Gasteiger partial charge on any atom is -0.478 e. The van der Waals surface area contributed by atoms with E-state index in [2.05, 4.69) is 24.5 Å². The number of aromatic carboxylic acids is 1. The van der Waals surface area contributed by atoms with Gasteiger partial charge in [-0.2, -0.15) is 12.6 Å². The highest BCUT2D eigenvalue weighted by Gasteiger charge is 2.13. The Balaban J connectivity index is 3.21. The predicted octanol–water partition coefficient (Wildman–Crippen LogP) is 2.33. The van der Waals surface area contributed by atoms with E-state index in [1.165, 1.54) is 0 Å². The van der Waals surface area contributed by atoms with Crippen molar-refractivity contribution in [2.75, 3.05) is 5.75 Å². The average molecular weight is 242 g/mol. The molecule has 0 radical (unpaired) electrons. The zero-order chi connectivity index (χ0) is 12.1. The van der Waals surface area contributed by atoms with Crippen LogP contribution in [0.1, 0.15) is 22.3 Å². The van der Waals surface area contributed by atoms with Crippen molar-refractivity contribution >= 4 is 18.6 Å². The Morgan fingerprint density at radius 3 is 2.56 bits per heavy atom. The van der Waals surface area contributed by atoms with Crippen LogP contribution in [0.15, 0.2) is 12.1 Å². The molecule has 1 aromatic rings. The molecular formula is C11H8F2O2S. The lowest BCUT2D eigenvalue weighted by molar-refractivity contribution is 0.0696. The Kier molecular flexibility index (Phi) is 4.32. The van der Waals surface area contributed by atoms with Gasteiger partial charge in [-0.05, 0) is 12.1 Å². The van der Waals surface area contributed by atoms with Crippen molar-refractivity contribution in [2.45, 2.75) is 6.42 Å². The summed E-state index contributed by atoms with van der Waals surface area (Å²) in [6.07, 6.45) is 0.446. The number of thiol groups is 1. The van der Waals surface area contributed by atoms with Crippen LogP contribution in [0.2, 0.25) is 0 Å². The molecule has 5 heteroatoms. The first-order valence-electron chi connectivity index (χ1n) is 4.38. The van der Waals surface area contributed by atoms with Crippen LogP contribution in [0.4, 0.5) is 8.78 Å². The molecule has 0 saturated heterocycles. The third-order valence-electron chi connectivity index (χ3n) is 1.75. The highest BCUT2D eigenvalue weighted by Crippen LogP contribution is 2.14. The molecule has 0 aliphatic rings. The van der Waals surface area contributed by atoms with E-state index in [0.717, 1.165) is 6.07 Å². The zero-order valence-electron chi connectivity index (χ0n) is 8.13. The van der Waals surface area contributed by atoms with E-state index in [1.807, 2.05) is 0 Å². The van der Waals surface area contributed by atoms with Gasteiger partial charge in [0.15, 0.2) is 11.6 Å². The Bertz CT molecular complexity index is 475. The standard InChI is InChI=1S/C11H8F2O2S/c12-9-5-7(3-1-2-4-16)8(11(14)15)6-10(9)13/h5-6,16H,2,4H2,(H,14,15). The topological polar surface area (TPSA) is 37.3 Å². The van der Waals surface area contributed by atoms with Crippen LogP contribution in [-0.4, -0.2) is 16.8 Å². The molecule has 0 amide bonds. The number of hydrogen-bond acceptors (Lipinski definition) is 2. The van der Waals surface area contributed by atoms with E-state index in [9.17, 15) is 13.6 Å². The largest absolute Gasteiger partial charge is 0.478 e. The fraction of sp³-hybridized carbons (Fsp3) is 0.182. The van der Waals surface area contributed by atoms with Crippen molar-refractivity contribution < 1.29 is 18.7 Å². The third-order valence-corrected chi connectivity index (χ3v) is 1.97. The van der Waals surface area contributed by atoms with Crippen molar-refractivity contribution in [3.05, 3.63) is 34.9 Å². The summed E-state index contributed by atoms with van der Waals surface area (Å²) in [5.74, 6) is 1.96. The molecule has 0 bridgehead atoms. The lowest BCUT2D eigenvalue weighted by Crippen LogP contribution is -2.02. The summed E-state index contributed by atoms with van der Waals surface area (Å²) in [5, 5.41) is 8.77. The molecule has 0 atom stereocenters. The molecule has 1 aromatic carbocycles. The van der Waals surface area contributed by atoms with Crippen LogP contribution in [0.3, 0.4) is 0 Å². The predicted molar refractivity (Wildman–Crippen MR) is 58.7 cm³/mol. The van der Waals surface area contributed by atoms with Gasteiger partial charge < -0.3 is 5.11 Å². The van der Waals surface area contributed by atoms with Crippen LogP contribution >= 0.6 is 12.6 Å². The molecule has 0 unspecified atom stereocenters. The molecule has 2 nitrogen and oxygen atoms in total. The molecule has 0 aliphatic carbocycles. The molecule has 0 heterocycles. The first-order chi connectivity index (χ1) is 7.56. The van der Waals surface area contributed by atoms with Gasteiger partial charge in [-0.1, -0.05) is 11.8 Å².